The van der Waals surface area contributed by atoms with Gasteiger partial charge in [-0.25, -0.2) is 13.2 Å². The molecular weight excluding hydrogens is 229 g/mol. The summed E-state index contributed by atoms with van der Waals surface area (Å²) in [4.78, 5) is 0. The van der Waals surface area contributed by atoms with E-state index in [2.05, 4.69) is 10.6 Å². The van der Waals surface area contributed by atoms with E-state index < -0.39 is 17.5 Å². The largest absolute Gasteiger partial charge is 0.385 e. The second-order valence-corrected chi connectivity index (χ2v) is 3.56. The van der Waals surface area contributed by atoms with E-state index in [9.17, 15) is 13.2 Å². The molecule has 0 fully saturated rings. The molecule has 0 heterocycles. The van der Waals surface area contributed by atoms with Crippen LogP contribution in [0.3, 0.4) is 0 Å². The number of benzene rings is 2. The van der Waals surface area contributed by atoms with Crippen LogP contribution in [0.15, 0.2) is 18.2 Å². The molecule has 0 amide bonds. The molecule has 2 aromatic rings. The van der Waals surface area contributed by atoms with Crippen molar-refractivity contribution in [2.75, 3.05) is 24.7 Å². The minimum Gasteiger partial charge on any atom is -0.385 e. The lowest BCUT2D eigenvalue weighted by Crippen LogP contribution is -2.00. The predicted octanol–water partition coefficient (Wildman–Crippen LogP) is 3.34. The second-order valence-electron chi connectivity index (χ2n) is 3.56. The quantitative estimate of drug-likeness (QED) is 0.841. The molecule has 0 bridgehead atoms. The zero-order valence-electron chi connectivity index (χ0n) is 9.37. The number of hydrogen-bond donors (Lipinski definition) is 2. The van der Waals surface area contributed by atoms with Crippen LogP contribution in [-0.2, 0) is 0 Å². The highest BCUT2D eigenvalue weighted by Crippen LogP contribution is 2.34. The van der Waals surface area contributed by atoms with Gasteiger partial charge in [0, 0.05) is 24.9 Å². The van der Waals surface area contributed by atoms with Crippen molar-refractivity contribution in [1.29, 1.82) is 0 Å². The Morgan fingerprint density at radius 3 is 2.06 bits per heavy atom. The highest BCUT2D eigenvalue weighted by molar-refractivity contribution is 6.01. The third kappa shape index (κ3) is 1.67. The number of halogens is 3. The maximum atomic E-state index is 13.5. The molecule has 0 saturated heterocycles. The molecule has 0 radical (unpaired) electrons. The van der Waals surface area contributed by atoms with Crippen LogP contribution in [-0.4, -0.2) is 14.1 Å². The molecule has 2 rings (SSSR count). The monoisotopic (exact) mass is 240 g/mol. The van der Waals surface area contributed by atoms with Crippen LogP contribution in [0.1, 0.15) is 0 Å². The summed E-state index contributed by atoms with van der Waals surface area (Å²) in [6.45, 7) is 0. The molecule has 0 atom stereocenters. The maximum absolute atomic E-state index is 13.5. The molecule has 5 heteroatoms. The van der Waals surface area contributed by atoms with Gasteiger partial charge in [-0.2, -0.15) is 0 Å². The first-order chi connectivity index (χ1) is 8.10. The lowest BCUT2D eigenvalue weighted by atomic mass is 10.1. The molecule has 17 heavy (non-hydrogen) atoms. The topological polar surface area (TPSA) is 24.1 Å². The molecular formula is C12H11F3N2. The van der Waals surface area contributed by atoms with Crippen LogP contribution in [0, 0.1) is 17.5 Å². The number of anilines is 2. The molecule has 0 aliphatic carbocycles. The van der Waals surface area contributed by atoms with Crippen molar-refractivity contribution in [2.24, 2.45) is 0 Å². The van der Waals surface area contributed by atoms with E-state index in [-0.39, 0.29) is 11.4 Å². The Kier molecular flexibility index (Phi) is 2.83. The summed E-state index contributed by atoms with van der Waals surface area (Å²) in [5, 5.41) is 5.96. The maximum Gasteiger partial charge on any atom is 0.182 e. The third-order valence-corrected chi connectivity index (χ3v) is 2.66. The van der Waals surface area contributed by atoms with E-state index in [4.69, 9.17) is 0 Å². The van der Waals surface area contributed by atoms with Gasteiger partial charge in [-0.05, 0) is 18.2 Å². The summed E-state index contributed by atoms with van der Waals surface area (Å²) >= 11 is 0. The first-order valence-corrected chi connectivity index (χ1v) is 5.05. The second kappa shape index (κ2) is 4.16. The Balaban J connectivity index is 2.94. The summed E-state index contributed by atoms with van der Waals surface area (Å²) in [7, 11) is 3.01. The summed E-state index contributed by atoms with van der Waals surface area (Å²) in [5.74, 6) is -2.48. The lowest BCUT2D eigenvalue weighted by Gasteiger charge is -2.12. The molecule has 2 nitrogen and oxygen atoms in total. The van der Waals surface area contributed by atoms with Crippen molar-refractivity contribution in [3.63, 3.8) is 0 Å². The minimum atomic E-state index is -1.01. The van der Waals surface area contributed by atoms with Crippen molar-refractivity contribution >= 4 is 22.1 Å². The first-order valence-electron chi connectivity index (χ1n) is 5.05. The van der Waals surface area contributed by atoms with E-state index in [1.807, 2.05) is 0 Å². The van der Waals surface area contributed by atoms with Crippen molar-refractivity contribution in [2.45, 2.75) is 0 Å². The molecule has 0 saturated carbocycles. The van der Waals surface area contributed by atoms with Gasteiger partial charge in [0.25, 0.3) is 0 Å². The summed E-state index contributed by atoms with van der Waals surface area (Å²) in [6, 6.07) is 3.62. The Morgan fingerprint density at radius 1 is 0.824 bits per heavy atom. The molecule has 90 valence electrons. The van der Waals surface area contributed by atoms with Crippen molar-refractivity contribution in [1.82, 2.24) is 0 Å². The van der Waals surface area contributed by atoms with Crippen LogP contribution < -0.4 is 10.6 Å². The van der Waals surface area contributed by atoms with Gasteiger partial charge in [-0.3, -0.25) is 0 Å². The molecule has 2 aromatic carbocycles. The number of hydrogen-bond acceptors (Lipinski definition) is 2. The average molecular weight is 240 g/mol. The minimum absolute atomic E-state index is 0.0245. The van der Waals surface area contributed by atoms with Gasteiger partial charge in [0.05, 0.1) is 11.4 Å². The fraction of sp³-hybridized carbons (Fsp3) is 0.167. The van der Waals surface area contributed by atoms with Crippen molar-refractivity contribution < 1.29 is 13.2 Å². The van der Waals surface area contributed by atoms with Gasteiger partial charge in [-0.1, -0.05) is 0 Å². The SMILES string of the molecule is CNc1c(F)ccc2c(NC)c(F)c(F)cc12. The van der Waals surface area contributed by atoms with E-state index >= 15 is 0 Å². The summed E-state index contributed by atoms with van der Waals surface area (Å²) in [5.41, 5.74) is 0.175. The lowest BCUT2D eigenvalue weighted by molar-refractivity contribution is 0.513. The number of rotatable bonds is 2. The molecule has 0 aliphatic heterocycles. The standard InChI is InChI=1S/C12H11F3N2/c1-16-11-7-5-9(14)10(15)12(17-2)6(7)3-4-8(11)13/h3-5,16-17H,1-2H3. The van der Waals surface area contributed by atoms with Gasteiger partial charge >= 0.3 is 0 Å². The van der Waals surface area contributed by atoms with Crippen LogP contribution in [0.5, 0.6) is 0 Å². The van der Waals surface area contributed by atoms with Crippen molar-refractivity contribution in [3.05, 3.63) is 35.7 Å². The normalized spacial score (nSPS) is 10.6. The Bertz CT molecular complexity index is 582. The number of nitrogens with one attached hydrogen (secondary N) is 2. The van der Waals surface area contributed by atoms with Crippen molar-refractivity contribution in [3.8, 4) is 0 Å². The zero-order chi connectivity index (χ0) is 12.6. The molecule has 0 aliphatic rings. The Hall–Kier alpha value is -1.91. The molecule has 2 N–H and O–H groups in total. The van der Waals surface area contributed by atoms with E-state index in [1.165, 1.54) is 26.2 Å². The fourth-order valence-corrected chi connectivity index (χ4v) is 1.89. The van der Waals surface area contributed by atoms with Gasteiger partial charge in [0.15, 0.2) is 11.6 Å². The van der Waals surface area contributed by atoms with Gasteiger partial charge in [-0.15, -0.1) is 0 Å². The molecule has 0 spiro atoms. The zero-order valence-corrected chi connectivity index (χ0v) is 9.37. The highest BCUT2D eigenvalue weighted by Gasteiger charge is 2.16. The van der Waals surface area contributed by atoms with E-state index in [1.54, 1.807) is 0 Å². The summed E-state index contributed by atoms with van der Waals surface area (Å²) < 4.78 is 40.4. The smallest absolute Gasteiger partial charge is 0.182 e. The van der Waals surface area contributed by atoms with Crippen LogP contribution >= 0.6 is 0 Å². The van der Waals surface area contributed by atoms with Gasteiger partial charge in [0.1, 0.15) is 5.82 Å². The molecule has 0 aromatic heterocycles. The van der Waals surface area contributed by atoms with Crippen LogP contribution in [0.4, 0.5) is 24.5 Å². The van der Waals surface area contributed by atoms with Gasteiger partial charge < -0.3 is 10.6 Å². The van der Waals surface area contributed by atoms with E-state index in [0.717, 1.165) is 6.07 Å². The number of fused-ring (bicyclic) bond motifs is 1. The van der Waals surface area contributed by atoms with E-state index in [0.29, 0.717) is 10.8 Å². The molecule has 0 unspecified atom stereocenters. The Morgan fingerprint density at radius 2 is 1.47 bits per heavy atom. The third-order valence-electron chi connectivity index (χ3n) is 2.66. The summed E-state index contributed by atoms with van der Waals surface area (Å²) in [6.07, 6.45) is 0. The highest BCUT2D eigenvalue weighted by atomic mass is 19.2. The Labute approximate surface area is 96.4 Å². The van der Waals surface area contributed by atoms with Gasteiger partial charge in [0.2, 0.25) is 0 Å². The van der Waals surface area contributed by atoms with Crippen LogP contribution in [0.25, 0.3) is 10.8 Å². The fourth-order valence-electron chi connectivity index (χ4n) is 1.89. The first kappa shape index (κ1) is 11.6. The average Bonchev–Trinajstić information content (AvgIpc) is 2.31. The predicted molar refractivity (Wildman–Crippen MR) is 62.9 cm³/mol. The van der Waals surface area contributed by atoms with Crippen LogP contribution in [0.2, 0.25) is 0 Å².